The van der Waals surface area contributed by atoms with E-state index < -0.39 is 5.79 Å². The highest BCUT2D eigenvalue weighted by molar-refractivity contribution is 5.94. The predicted octanol–water partition coefficient (Wildman–Crippen LogP) is 3.67. The quantitative estimate of drug-likeness (QED) is 0.623. The summed E-state index contributed by atoms with van der Waals surface area (Å²) in [5.74, 6) is -0.273. The molecular formula is C24H24FN3O4. The third-order valence-corrected chi connectivity index (χ3v) is 6.01. The molecule has 7 nitrogen and oxygen atoms in total. The van der Waals surface area contributed by atoms with E-state index in [1.165, 1.54) is 12.1 Å². The molecule has 0 radical (unpaired) electrons. The number of methoxy groups -OCH3 is 1. The molecule has 0 N–H and O–H groups in total. The molecule has 1 amide bonds. The number of piperidine rings is 1. The van der Waals surface area contributed by atoms with Crippen LogP contribution in [0, 0.1) is 5.82 Å². The highest BCUT2D eigenvalue weighted by atomic mass is 19.1. The lowest BCUT2D eigenvalue weighted by Gasteiger charge is -2.37. The Bertz CT molecular complexity index is 1100. The zero-order chi connectivity index (χ0) is 22.1. The molecule has 166 valence electrons. The maximum atomic E-state index is 13.5. The Morgan fingerprint density at radius 1 is 1.03 bits per heavy atom. The van der Waals surface area contributed by atoms with Crippen molar-refractivity contribution in [2.24, 2.45) is 0 Å². The number of rotatable bonds is 4. The van der Waals surface area contributed by atoms with Gasteiger partial charge in [-0.25, -0.2) is 9.07 Å². The van der Waals surface area contributed by atoms with Gasteiger partial charge in [-0.1, -0.05) is 0 Å². The summed E-state index contributed by atoms with van der Waals surface area (Å²) in [6.07, 6.45) is 1.28. The number of ether oxygens (including phenoxy) is 3. The predicted molar refractivity (Wildman–Crippen MR) is 115 cm³/mol. The molecule has 2 fully saturated rings. The lowest BCUT2D eigenvalue weighted by Crippen LogP contribution is -2.47. The highest BCUT2D eigenvalue weighted by Gasteiger charge is 2.41. The average Bonchev–Trinajstić information content (AvgIpc) is 3.48. The maximum absolute atomic E-state index is 13.5. The first-order chi connectivity index (χ1) is 15.6. The summed E-state index contributed by atoms with van der Waals surface area (Å²) in [6.45, 7) is 2.27. The monoisotopic (exact) mass is 437 g/mol. The lowest BCUT2D eigenvalue weighted by molar-refractivity contribution is -0.181. The summed E-state index contributed by atoms with van der Waals surface area (Å²) in [7, 11) is 1.60. The second-order valence-electron chi connectivity index (χ2n) is 7.93. The van der Waals surface area contributed by atoms with Crippen LogP contribution in [0.1, 0.15) is 23.3 Å². The fourth-order valence-electron chi connectivity index (χ4n) is 4.21. The van der Waals surface area contributed by atoms with E-state index in [2.05, 4.69) is 5.10 Å². The highest BCUT2D eigenvalue weighted by Crippen LogP contribution is 2.32. The number of nitrogens with zero attached hydrogens (tertiary/aromatic N) is 3. The second-order valence-corrected chi connectivity index (χ2v) is 7.93. The van der Waals surface area contributed by atoms with Crippen molar-refractivity contribution < 1.29 is 23.4 Å². The summed E-state index contributed by atoms with van der Waals surface area (Å²) in [5, 5.41) is 4.68. The molecule has 0 atom stereocenters. The van der Waals surface area contributed by atoms with Crippen LogP contribution in [0.3, 0.4) is 0 Å². The van der Waals surface area contributed by atoms with E-state index >= 15 is 0 Å². The van der Waals surface area contributed by atoms with E-state index in [1.54, 1.807) is 30.0 Å². The number of carbonyl (C=O) groups excluding carboxylic acids is 1. The van der Waals surface area contributed by atoms with Crippen molar-refractivity contribution in [3.63, 3.8) is 0 Å². The largest absolute Gasteiger partial charge is 0.497 e. The molecule has 0 unspecified atom stereocenters. The van der Waals surface area contributed by atoms with Gasteiger partial charge in [0.05, 0.1) is 31.7 Å². The number of carbonyl (C=O) groups is 1. The van der Waals surface area contributed by atoms with E-state index in [0.717, 1.165) is 11.3 Å². The minimum Gasteiger partial charge on any atom is -0.497 e. The molecule has 32 heavy (non-hydrogen) atoms. The molecule has 5 rings (SSSR count). The smallest absolute Gasteiger partial charge is 0.272 e. The average molecular weight is 437 g/mol. The van der Waals surface area contributed by atoms with E-state index in [-0.39, 0.29) is 11.7 Å². The third-order valence-electron chi connectivity index (χ3n) is 6.01. The lowest BCUT2D eigenvalue weighted by atomic mass is 10.0. The molecule has 0 bridgehead atoms. The van der Waals surface area contributed by atoms with Gasteiger partial charge < -0.3 is 19.1 Å². The number of likely N-dealkylation sites (tertiary alicyclic amines) is 1. The van der Waals surface area contributed by atoms with Crippen molar-refractivity contribution in [1.29, 1.82) is 0 Å². The Balaban J connectivity index is 1.47. The fraction of sp³-hybridized carbons (Fsp3) is 0.333. The number of amides is 1. The molecule has 3 heterocycles. The topological polar surface area (TPSA) is 65.8 Å². The van der Waals surface area contributed by atoms with Gasteiger partial charge in [-0.2, -0.15) is 5.10 Å². The Morgan fingerprint density at radius 2 is 1.69 bits per heavy atom. The van der Waals surface area contributed by atoms with Crippen molar-refractivity contribution in [3.8, 4) is 22.7 Å². The number of aromatic nitrogens is 2. The molecule has 8 heteroatoms. The maximum Gasteiger partial charge on any atom is 0.272 e. The van der Waals surface area contributed by atoms with Crippen LogP contribution in [-0.4, -0.2) is 59.8 Å². The number of hydrogen-bond donors (Lipinski definition) is 0. The minimum atomic E-state index is -0.549. The minimum absolute atomic E-state index is 0.116. The van der Waals surface area contributed by atoms with Crippen LogP contribution in [-0.2, 0) is 9.47 Å². The molecule has 1 aromatic heterocycles. The van der Waals surface area contributed by atoms with Gasteiger partial charge in [-0.15, -0.1) is 0 Å². The van der Waals surface area contributed by atoms with Crippen molar-refractivity contribution in [3.05, 3.63) is 66.1 Å². The molecule has 2 saturated heterocycles. The third kappa shape index (κ3) is 3.87. The van der Waals surface area contributed by atoms with Crippen molar-refractivity contribution in [2.45, 2.75) is 18.6 Å². The summed E-state index contributed by atoms with van der Waals surface area (Å²) in [4.78, 5) is 15.3. The van der Waals surface area contributed by atoms with E-state index in [9.17, 15) is 9.18 Å². The standard InChI is InChI=1S/C24H24FN3O4/c1-30-20-8-6-19(7-9-20)28-22(16-21(26-28)17-2-4-18(25)5-3-17)23(29)27-12-10-24(11-13-27)31-14-15-32-24/h2-9,16H,10-15H2,1H3. The molecule has 1 spiro atoms. The number of halogens is 1. The fourth-order valence-corrected chi connectivity index (χ4v) is 4.21. The normalized spacial score (nSPS) is 17.6. The SMILES string of the molecule is COc1ccc(-n2nc(-c3ccc(F)cc3)cc2C(=O)N2CCC3(CC2)OCCO3)cc1. The van der Waals surface area contributed by atoms with Gasteiger partial charge in [0, 0.05) is 31.5 Å². The summed E-state index contributed by atoms with van der Waals surface area (Å²) in [5.41, 5.74) is 2.51. The molecule has 2 aliphatic rings. The van der Waals surface area contributed by atoms with Crippen molar-refractivity contribution in [1.82, 2.24) is 14.7 Å². The van der Waals surface area contributed by atoms with Crippen molar-refractivity contribution in [2.75, 3.05) is 33.4 Å². The van der Waals surface area contributed by atoms with Crippen LogP contribution < -0.4 is 4.74 Å². The summed E-state index contributed by atoms with van der Waals surface area (Å²) >= 11 is 0. The van der Waals surface area contributed by atoms with Crippen molar-refractivity contribution >= 4 is 5.91 Å². The van der Waals surface area contributed by atoms with E-state index in [0.29, 0.717) is 56.3 Å². The number of hydrogen-bond acceptors (Lipinski definition) is 5. The Kier molecular flexibility index (Phi) is 5.40. The first-order valence-electron chi connectivity index (χ1n) is 10.6. The molecule has 3 aromatic rings. The Morgan fingerprint density at radius 3 is 2.31 bits per heavy atom. The molecule has 2 aliphatic heterocycles. The van der Waals surface area contributed by atoms with Gasteiger partial charge in [0.15, 0.2) is 5.79 Å². The summed E-state index contributed by atoms with van der Waals surface area (Å²) in [6, 6.07) is 15.2. The molecular weight excluding hydrogens is 413 g/mol. The molecule has 0 aliphatic carbocycles. The van der Waals surface area contributed by atoms with Crippen LogP contribution in [0.15, 0.2) is 54.6 Å². The van der Waals surface area contributed by atoms with E-state index in [4.69, 9.17) is 14.2 Å². The second kappa shape index (κ2) is 8.37. The van der Waals surface area contributed by atoms with Crippen LogP contribution in [0.2, 0.25) is 0 Å². The van der Waals surface area contributed by atoms with Gasteiger partial charge in [0.2, 0.25) is 0 Å². The van der Waals surface area contributed by atoms with Crippen LogP contribution >= 0.6 is 0 Å². The van der Waals surface area contributed by atoms with Gasteiger partial charge in [-0.05, 0) is 54.6 Å². The van der Waals surface area contributed by atoms with Gasteiger partial charge in [0.25, 0.3) is 5.91 Å². The van der Waals surface area contributed by atoms with Crippen LogP contribution in [0.5, 0.6) is 5.75 Å². The zero-order valence-corrected chi connectivity index (χ0v) is 17.8. The summed E-state index contributed by atoms with van der Waals surface area (Å²) < 4.78 is 31.8. The van der Waals surface area contributed by atoms with Gasteiger partial charge in [-0.3, -0.25) is 4.79 Å². The molecule has 0 saturated carbocycles. The van der Waals surface area contributed by atoms with Crippen LogP contribution in [0.25, 0.3) is 16.9 Å². The Labute approximate surface area is 185 Å². The Hall–Kier alpha value is -3.23. The first kappa shape index (κ1) is 20.7. The zero-order valence-electron chi connectivity index (χ0n) is 17.8. The van der Waals surface area contributed by atoms with E-state index in [1.807, 2.05) is 29.2 Å². The first-order valence-corrected chi connectivity index (χ1v) is 10.6. The van der Waals surface area contributed by atoms with Gasteiger partial charge in [0.1, 0.15) is 17.3 Å². The number of benzene rings is 2. The molecule has 2 aromatic carbocycles. The van der Waals surface area contributed by atoms with Crippen LogP contribution in [0.4, 0.5) is 4.39 Å². The van der Waals surface area contributed by atoms with Gasteiger partial charge >= 0.3 is 0 Å².